The molecule has 1 unspecified atom stereocenters. The van der Waals surface area contributed by atoms with E-state index < -0.39 is 0 Å². The summed E-state index contributed by atoms with van der Waals surface area (Å²) in [6.45, 7) is 6.16. The molecule has 1 aliphatic heterocycles. The van der Waals surface area contributed by atoms with E-state index in [4.69, 9.17) is 10.5 Å². The molecule has 3 N–H and O–H groups in total. The van der Waals surface area contributed by atoms with Crippen LogP contribution in [0, 0.1) is 5.92 Å². The summed E-state index contributed by atoms with van der Waals surface area (Å²) in [5, 5.41) is 2.99. The Morgan fingerprint density at radius 3 is 2.95 bits per heavy atom. The Labute approximate surface area is 120 Å². The van der Waals surface area contributed by atoms with Crippen molar-refractivity contribution >= 4 is 11.6 Å². The van der Waals surface area contributed by atoms with E-state index in [0.29, 0.717) is 29.5 Å². The summed E-state index contributed by atoms with van der Waals surface area (Å²) in [6.07, 6.45) is 1.15. The van der Waals surface area contributed by atoms with Crippen LogP contribution >= 0.6 is 0 Å². The average Bonchev–Trinajstić information content (AvgIpc) is 2.92. The minimum Gasteiger partial charge on any atom is -0.497 e. The van der Waals surface area contributed by atoms with Gasteiger partial charge in [0.25, 0.3) is 5.91 Å². The van der Waals surface area contributed by atoms with Gasteiger partial charge in [0.1, 0.15) is 5.75 Å². The number of ether oxygens (including phenoxy) is 1. The van der Waals surface area contributed by atoms with Crippen molar-refractivity contribution in [1.82, 2.24) is 10.2 Å². The first kappa shape index (κ1) is 14.7. The zero-order valence-corrected chi connectivity index (χ0v) is 12.2. The lowest BCUT2D eigenvalue weighted by Crippen LogP contribution is -2.31. The Morgan fingerprint density at radius 2 is 2.30 bits per heavy atom. The Hall–Kier alpha value is -1.75. The van der Waals surface area contributed by atoms with Crippen molar-refractivity contribution in [2.45, 2.75) is 13.3 Å². The molecule has 5 heteroatoms. The molecule has 5 nitrogen and oxygen atoms in total. The predicted octanol–water partition coefficient (Wildman–Crippen LogP) is 1.35. The van der Waals surface area contributed by atoms with Gasteiger partial charge in [-0.2, -0.15) is 0 Å². The van der Waals surface area contributed by atoms with Crippen LogP contribution in [0.5, 0.6) is 5.75 Å². The average molecular weight is 277 g/mol. The number of carbonyl (C=O) groups is 1. The molecule has 0 aromatic heterocycles. The van der Waals surface area contributed by atoms with Gasteiger partial charge in [-0.05, 0) is 37.6 Å². The number of methoxy groups -OCH3 is 1. The van der Waals surface area contributed by atoms with E-state index in [1.54, 1.807) is 25.3 Å². The van der Waals surface area contributed by atoms with Gasteiger partial charge in [0.05, 0.1) is 7.11 Å². The highest BCUT2D eigenvalue weighted by Crippen LogP contribution is 2.19. The van der Waals surface area contributed by atoms with Crippen molar-refractivity contribution in [3.63, 3.8) is 0 Å². The number of nitrogen functional groups attached to an aromatic ring is 1. The van der Waals surface area contributed by atoms with Crippen LogP contribution in [0.3, 0.4) is 0 Å². The summed E-state index contributed by atoms with van der Waals surface area (Å²) in [4.78, 5) is 14.5. The molecule has 1 aromatic carbocycles. The van der Waals surface area contributed by atoms with E-state index in [-0.39, 0.29) is 5.91 Å². The smallest absolute Gasteiger partial charge is 0.251 e. The van der Waals surface area contributed by atoms with Crippen LogP contribution in [-0.4, -0.2) is 44.1 Å². The van der Waals surface area contributed by atoms with Crippen LogP contribution in [0.4, 0.5) is 5.69 Å². The number of hydrogen-bond donors (Lipinski definition) is 2. The van der Waals surface area contributed by atoms with Crippen molar-refractivity contribution in [2.75, 3.05) is 39.0 Å². The van der Waals surface area contributed by atoms with E-state index in [9.17, 15) is 4.79 Å². The quantitative estimate of drug-likeness (QED) is 0.797. The Kier molecular flexibility index (Phi) is 4.84. The third-order valence-corrected chi connectivity index (χ3v) is 3.80. The Morgan fingerprint density at radius 1 is 1.50 bits per heavy atom. The summed E-state index contributed by atoms with van der Waals surface area (Å²) in [5.41, 5.74) is 6.84. The van der Waals surface area contributed by atoms with Crippen LogP contribution in [-0.2, 0) is 0 Å². The zero-order chi connectivity index (χ0) is 14.5. The van der Waals surface area contributed by atoms with Gasteiger partial charge in [-0.1, -0.05) is 6.92 Å². The van der Waals surface area contributed by atoms with Gasteiger partial charge < -0.3 is 20.7 Å². The fourth-order valence-electron chi connectivity index (χ4n) is 2.58. The lowest BCUT2D eigenvalue weighted by Gasteiger charge is -2.14. The molecule has 0 radical (unpaired) electrons. The molecular formula is C15H23N3O2. The third-order valence-electron chi connectivity index (χ3n) is 3.80. The first-order chi connectivity index (χ1) is 9.62. The highest BCUT2D eigenvalue weighted by Gasteiger charge is 2.21. The summed E-state index contributed by atoms with van der Waals surface area (Å²) < 4.78 is 5.13. The monoisotopic (exact) mass is 277 g/mol. The van der Waals surface area contributed by atoms with Crippen LogP contribution in [0.25, 0.3) is 0 Å². The molecule has 0 aliphatic carbocycles. The number of carbonyl (C=O) groups excluding carboxylic acids is 1. The van der Waals surface area contributed by atoms with Crippen molar-refractivity contribution in [3.8, 4) is 5.75 Å². The Balaban J connectivity index is 1.90. The summed E-state index contributed by atoms with van der Waals surface area (Å²) in [6, 6.07) is 5.08. The van der Waals surface area contributed by atoms with E-state index >= 15 is 0 Å². The molecule has 20 heavy (non-hydrogen) atoms. The number of benzene rings is 1. The third kappa shape index (κ3) is 3.63. The molecule has 0 spiro atoms. The highest BCUT2D eigenvalue weighted by atomic mass is 16.5. The van der Waals surface area contributed by atoms with Crippen LogP contribution < -0.4 is 15.8 Å². The maximum absolute atomic E-state index is 12.1. The number of amides is 1. The molecule has 110 valence electrons. The van der Waals surface area contributed by atoms with Gasteiger partial charge in [0, 0.05) is 30.4 Å². The fraction of sp³-hybridized carbons (Fsp3) is 0.533. The van der Waals surface area contributed by atoms with E-state index in [1.165, 1.54) is 0 Å². The lowest BCUT2D eigenvalue weighted by atomic mass is 10.1. The summed E-state index contributed by atoms with van der Waals surface area (Å²) in [5.74, 6) is 1.06. The number of rotatable bonds is 5. The van der Waals surface area contributed by atoms with Gasteiger partial charge in [0.15, 0.2) is 0 Å². The molecule has 1 aliphatic rings. The SMILES string of the molecule is CCN1CCC(CNC(=O)c2cc(N)cc(OC)c2)C1. The lowest BCUT2D eigenvalue weighted by molar-refractivity contribution is 0.0947. The second-order valence-electron chi connectivity index (χ2n) is 5.25. The number of anilines is 1. The second kappa shape index (κ2) is 6.61. The first-order valence-electron chi connectivity index (χ1n) is 7.07. The minimum absolute atomic E-state index is 0.0921. The van der Waals surface area contributed by atoms with Gasteiger partial charge in [-0.25, -0.2) is 0 Å². The first-order valence-corrected chi connectivity index (χ1v) is 7.07. The zero-order valence-electron chi connectivity index (χ0n) is 12.2. The van der Waals surface area contributed by atoms with Gasteiger partial charge in [-0.3, -0.25) is 4.79 Å². The standard InChI is InChI=1S/C15H23N3O2/c1-3-18-5-4-11(10-18)9-17-15(19)12-6-13(16)8-14(7-12)20-2/h6-8,11H,3-5,9-10,16H2,1-2H3,(H,17,19). The van der Waals surface area contributed by atoms with Gasteiger partial charge in [-0.15, -0.1) is 0 Å². The molecule has 1 amide bonds. The molecule has 1 saturated heterocycles. The van der Waals surface area contributed by atoms with Gasteiger partial charge in [0.2, 0.25) is 0 Å². The molecule has 0 saturated carbocycles. The van der Waals surface area contributed by atoms with Gasteiger partial charge >= 0.3 is 0 Å². The van der Waals surface area contributed by atoms with Crippen LogP contribution in [0.1, 0.15) is 23.7 Å². The largest absolute Gasteiger partial charge is 0.497 e. The van der Waals surface area contributed by atoms with Crippen molar-refractivity contribution in [2.24, 2.45) is 5.92 Å². The van der Waals surface area contributed by atoms with Crippen LogP contribution in [0.2, 0.25) is 0 Å². The van der Waals surface area contributed by atoms with E-state index in [0.717, 1.165) is 26.1 Å². The van der Waals surface area contributed by atoms with Crippen molar-refractivity contribution in [1.29, 1.82) is 0 Å². The normalized spacial score (nSPS) is 19.0. The summed E-state index contributed by atoms with van der Waals surface area (Å²) >= 11 is 0. The number of likely N-dealkylation sites (tertiary alicyclic amines) is 1. The maximum atomic E-state index is 12.1. The molecule has 0 bridgehead atoms. The number of nitrogens with zero attached hydrogens (tertiary/aromatic N) is 1. The van der Waals surface area contributed by atoms with Crippen LogP contribution in [0.15, 0.2) is 18.2 Å². The number of hydrogen-bond acceptors (Lipinski definition) is 4. The van der Waals surface area contributed by atoms with E-state index in [2.05, 4.69) is 17.1 Å². The van der Waals surface area contributed by atoms with E-state index in [1.807, 2.05) is 0 Å². The predicted molar refractivity (Wildman–Crippen MR) is 80.0 cm³/mol. The molecule has 1 fully saturated rings. The second-order valence-corrected chi connectivity index (χ2v) is 5.25. The van der Waals surface area contributed by atoms with Crippen molar-refractivity contribution < 1.29 is 9.53 Å². The maximum Gasteiger partial charge on any atom is 0.251 e. The minimum atomic E-state index is -0.0921. The highest BCUT2D eigenvalue weighted by molar-refractivity contribution is 5.95. The topological polar surface area (TPSA) is 67.6 Å². The van der Waals surface area contributed by atoms with Crippen molar-refractivity contribution in [3.05, 3.63) is 23.8 Å². The number of nitrogens with one attached hydrogen (secondary N) is 1. The fourth-order valence-corrected chi connectivity index (χ4v) is 2.58. The molecular weight excluding hydrogens is 254 g/mol. The number of nitrogens with two attached hydrogens (primary N) is 1. The molecule has 2 rings (SSSR count). The summed E-state index contributed by atoms with van der Waals surface area (Å²) in [7, 11) is 1.56. The molecule has 1 aromatic rings. The molecule has 1 atom stereocenters. The Bertz CT molecular complexity index is 476. The molecule has 1 heterocycles.